The second-order valence-corrected chi connectivity index (χ2v) is 10.7. The van der Waals surface area contributed by atoms with E-state index in [0.717, 1.165) is 25.6 Å². The highest BCUT2D eigenvalue weighted by Crippen LogP contribution is 2.20. The molecule has 0 aliphatic carbocycles. The molecule has 2 aromatic carbocycles. The summed E-state index contributed by atoms with van der Waals surface area (Å²) in [5, 5.41) is 3.03. The first-order valence-corrected chi connectivity index (χ1v) is 13.2. The third-order valence-corrected chi connectivity index (χ3v) is 6.93. The smallest absolute Gasteiger partial charge is 0.220 e. The third kappa shape index (κ3) is 7.64. The van der Waals surface area contributed by atoms with E-state index in [1.807, 2.05) is 6.07 Å². The molecule has 0 spiro atoms. The lowest BCUT2D eigenvalue weighted by Gasteiger charge is -2.31. The summed E-state index contributed by atoms with van der Waals surface area (Å²) >= 11 is 0. The molecule has 1 amide bonds. The van der Waals surface area contributed by atoms with Crippen molar-refractivity contribution in [2.45, 2.75) is 50.6 Å². The van der Waals surface area contributed by atoms with Gasteiger partial charge in [-0.2, -0.15) is 0 Å². The van der Waals surface area contributed by atoms with E-state index >= 15 is 0 Å². The van der Waals surface area contributed by atoms with E-state index in [2.05, 4.69) is 35.3 Å². The fourth-order valence-electron chi connectivity index (χ4n) is 4.04. The summed E-state index contributed by atoms with van der Waals surface area (Å²) in [6.07, 6.45) is 4.71. The summed E-state index contributed by atoms with van der Waals surface area (Å²) in [5.41, 5.74) is 2.45. The van der Waals surface area contributed by atoms with Gasteiger partial charge in [0.25, 0.3) is 0 Å². The van der Waals surface area contributed by atoms with Gasteiger partial charge in [0.05, 0.1) is 11.5 Å². The zero-order valence-electron chi connectivity index (χ0n) is 19.0. The maximum atomic E-state index is 12.3. The number of amides is 1. The highest BCUT2D eigenvalue weighted by Gasteiger charge is 2.17. The lowest BCUT2D eigenvalue weighted by atomic mass is 9.99. The van der Waals surface area contributed by atoms with Crippen LogP contribution in [0.1, 0.15) is 43.7 Å². The van der Waals surface area contributed by atoms with Gasteiger partial charge >= 0.3 is 0 Å². The summed E-state index contributed by atoms with van der Waals surface area (Å²) in [7, 11) is -3.21. The van der Waals surface area contributed by atoms with Gasteiger partial charge in [-0.3, -0.25) is 9.69 Å². The average molecular weight is 459 g/mol. The predicted molar refractivity (Wildman–Crippen MR) is 126 cm³/mol. The average Bonchev–Trinajstić information content (AvgIpc) is 2.76. The van der Waals surface area contributed by atoms with Crippen LogP contribution in [-0.2, 0) is 27.7 Å². The molecule has 3 rings (SSSR count). The van der Waals surface area contributed by atoms with Gasteiger partial charge in [0.1, 0.15) is 5.75 Å². The fourth-order valence-corrected chi connectivity index (χ4v) is 4.67. The van der Waals surface area contributed by atoms with Crippen LogP contribution in [0, 0.1) is 5.92 Å². The van der Waals surface area contributed by atoms with E-state index in [1.165, 1.54) is 42.4 Å². The summed E-state index contributed by atoms with van der Waals surface area (Å²) in [6, 6.07) is 14.7. The van der Waals surface area contributed by atoms with E-state index < -0.39 is 9.84 Å². The Kier molecular flexibility index (Phi) is 8.70. The molecular weight excluding hydrogens is 424 g/mol. The number of likely N-dealkylation sites (tertiary alicyclic amines) is 1. The van der Waals surface area contributed by atoms with Crippen molar-refractivity contribution in [1.82, 2.24) is 10.2 Å². The van der Waals surface area contributed by atoms with Crippen LogP contribution in [0.2, 0.25) is 0 Å². The van der Waals surface area contributed by atoms with Crippen LogP contribution in [0.4, 0.5) is 0 Å². The number of nitrogens with zero attached hydrogens (tertiary/aromatic N) is 1. The molecule has 0 radical (unpaired) electrons. The number of carbonyl (C=O) groups is 1. The van der Waals surface area contributed by atoms with Gasteiger partial charge in [-0.25, -0.2) is 8.42 Å². The van der Waals surface area contributed by atoms with Gasteiger partial charge in [0, 0.05) is 32.3 Å². The van der Waals surface area contributed by atoms with Crippen molar-refractivity contribution in [3.05, 3.63) is 59.7 Å². The van der Waals surface area contributed by atoms with Crippen molar-refractivity contribution >= 4 is 15.7 Å². The Bertz CT molecular complexity index is 989. The molecule has 1 atom stereocenters. The predicted octanol–water partition coefficient (Wildman–Crippen LogP) is 3.80. The monoisotopic (exact) mass is 458 g/mol. The molecule has 1 heterocycles. The Labute approximate surface area is 191 Å². The summed E-state index contributed by atoms with van der Waals surface area (Å²) in [4.78, 5) is 15.1. The van der Waals surface area contributed by atoms with Crippen molar-refractivity contribution in [1.29, 1.82) is 0 Å². The first-order valence-electron chi connectivity index (χ1n) is 11.3. The molecule has 2 aromatic rings. The van der Waals surface area contributed by atoms with Crippen molar-refractivity contribution in [3.63, 3.8) is 0 Å². The quantitative estimate of drug-likeness (QED) is 0.548. The van der Waals surface area contributed by atoms with E-state index in [1.54, 1.807) is 12.1 Å². The van der Waals surface area contributed by atoms with E-state index in [4.69, 9.17) is 4.74 Å². The zero-order valence-corrected chi connectivity index (χ0v) is 19.9. The number of hydrogen-bond acceptors (Lipinski definition) is 5. The zero-order chi connectivity index (χ0) is 23.0. The molecule has 0 saturated carbocycles. The summed E-state index contributed by atoms with van der Waals surface area (Å²) in [5.74, 6) is 1.34. The lowest BCUT2D eigenvalue weighted by Crippen LogP contribution is -2.34. The van der Waals surface area contributed by atoms with Crippen molar-refractivity contribution < 1.29 is 17.9 Å². The Morgan fingerprint density at radius 3 is 2.53 bits per heavy atom. The maximum Gasteiger partial charge on any atom is 0.220 e. The number of carbonyl (C=O) groups excluding carboxylic acids is 1. The number of rotatable bonds is 10. The first kappa shape index (κ1) is 24.3. The standard InChI is InChI=1S/C25H34N2O4S/c1-20-7-5-15-27(18-20)19-22-9-4-3-8-21(22)17-26-25(28)10-6-16-31-23-11-13-24(14-12-23)32(2,29)30/h3-4,8-9,11-14,20H,5-7,10,15-19H2,1-2H3,(H,26,28). The largest absolute Gasteiger partial charge is 0.494 e. The molecule has 174 valence electrons. The fraction of sp³-hybridized carbons (Fsp3) is 0.480. The molecule has 32 heavy (non-hydrogen) atoms. The second-order valence-electron chi connectivity index (χ2n) is 8.72. The maximum absolute atomic E-state index is 12.3. The summed E-state index contributed by atoms with van der Waals surface area (Å²) in [6.45, 7) is 6.45. The number of piperidine rings is 1. The molecule has 1 aliphatic heterocycles. The van der Waals surface area contributed by atoms with Gasteiger partial charge in [-0.05, 0) is 67.1 Å². The van der Waals surface area contributed by atoms with Gasteiger partial charge in [-0.15, -0.1) is 0 Å². The third-order valence-electron chi connectivity index (χ3n) is 5.80. The van der Waals surface area contributed by atoms with Crippen LogP contribution in [0.3, 0.4) is 0 Å². The van der Waals surface area contributed by atoms with Gasteiger partial charge in [0.2, 0.25) is 5.91 Å². The van der Waals surface area contributed by atoms with Crippen LogP contribution in [0.25, 0.3) is 0 Å². The van der Waals surface area contributed by atoms with Gasteiger partial charge in [-0.1, -0.05) is 31.2 Å². The van der Waals surface area contributed by atoms with Crippen LogP contribution in [0.15, 0.2) is 53.4 Å². The Balaban J connectivity index is 1.39. The van der Waals surface area contributed by atoms with Crippen LogP contribution in [0.5, 0.6) is 5.75 Å². The Morgan fingerprint density at radius 1 is 1.12 bits per heavy atom. The summed E-state index contributed by atoms with van der Waals surface area (Å²) < 4.78 is 28.6. The molecule has 1 aliphatic rings. The number of benzene rings is 2. The van der Waals surface area contributed by atoms with Crippen LogP contribution in [-0.4, -0.2) is 45.2 Å². The lowest BCUT2D eigenvalue weighted by molar-refractivity contribution is -0.121. The SMILES string of the molecule is CC1CCCN(Cc2ccccc2CNC(=O)CCCOc2ccc(S(C)(=O)=O)cc2)C1. The van der Waals surface area contributed by atoms with E-state index in [-0.39, 0.29) is 10.8 Å². The Hall–Kier alpha value is -2.38. The Morgan fingerprint density at radius 2 is 1.84 bits per heavy atom. The highest BCUT2D eigenvalue weighted by atomic mass is 32.2. The molecule has 1 saturated heterocycles. The minimum absolute atomic E-state index is 0.00224. The molecule has 1 fully saturated rings. The number of ether oxygens (including phenoxy) is 1. The van der Waals surface area contributed by atoms with Crippen molar-refractivity contribution in [2.75, 3.05) is 26.0 Å². The molecule has 1 unspecified atom stereocenters. The molecule has 7 heteroatoms. The van der Waals surface area contributed by atoms with E-state index in [0.29, 0.717) is 31.7 Å². The molecule has 0 bridgehead atoms. The highest BCUT2D eigenvalue weighted by molar-refractivity contribution is 7.90. The minimum Gasteiger partial charge on any atom is -0.494 e. The van der Waals surface area contributed by atoms with Crippen LogP contribution >= 0.6 is 0 Å². The van der Waals surface area contributed by atoms with Crippen molar-refractivity contribution in [3.8, 4) is 5.75 Å². The topological polar surface area (TPSA) is 75.7 Å². The molecule has 0 aromatic heterocycles. The molecular formula is C25H34N2O4S. The van der Waals surface area contributed by atoms with Crippen molar-refractivity contribution in [2.24, 2.45) is 5.92 Å². The minimum atomic E-state index is -3.21. The van der Waals surface area contributed by atoms with Crippen LogP contribution < -0.4 is 10.1 Å². The number of nitrogens with one attached hydrogen (secondary N) is 1. The number of sulfone groups is 1. The molecule has 6 nitrogen and oxygen atoms in total. The first-order chi connectivity index (χ1) is 15.3. The van der Waals surface area contributed by atoms with E-state index in [9.17, 15) is 13.2 Å². The second kappa shape index (κ2) is 11.5. The normalized spacial score (nSPS) is 17.1. The van der Waals surface area contributed by atoms with Gasteiger partial charge in [0.15, 0.2) is 9.84 Å². The van der Waals surface area contributed by atoms with Gasteiger partial charge < -0.3 is 10.1 Å². The molecule has 1 N–H and O–H groups in total. The number of hydrogen-bond donors (Lipinski definition) is 1.